The lowest BCUT2D eigenvalue weighted by Crippen LogP contribution is -2.54. The van der Waals surface area contributed by atoms with Crippen molar-refractivity contribution in [2.24, 2.45) is 21.7 Å². The number of ketones is 1. The lowest BCUT2D eigenvalue weighted by atomic mass is 9.71. The Morgan fingerprint density at radius 1 is 0.343 bits per heavy atom. The highest BCUT2D eigenvalue weighted by atomic mass is 16.5. The van der Waals surface area contributed by atoms with Crippen molar-refractivity contribution < 1.29 is 68.3 Å². The van der Waals surface area contributed by atoms with Crippen molar-refractivity contribution >= 4 is 59.1 Å². The number of aromatic nitrogens is 5. The fraction of sp³-hybridized carbons (Fsp3) is 0.649. The van der Waals surface area contributed by atoms with Crippen LogP contribution >= 0.6 is 0 Å². The number of piperidine rings is 7. The van der Waals surface area contributed by atoms with Crippen molar-refractivity contribution in [2.75, 3.05) is 162 Å². The molecule has 9 fully saturated rings. The molecule has 0 unspecified atom stereocenters. The Hall–Kier alpha value is -10.0. The molecule has 143 heavy (non-hydrogen) atoms. The number of hydrogen-bond acceptors (Lipinski definition) is 21. The highest BCUT2D eigenvalue weighted by Crippen LogP contribution is 2.46. The number of nitrogens with zero attached hydrogens (tertiary/aromatic N) is 14. The van der Waals surface area contributed by atoms with Crippen molar-refractivity contribution in [1.82, 2.24) is 69.0 Å². The summed E-state index contributed by atoms with van der Waals surface area (Å²) in [4.78, 5) is 151. The number of aliphatic carboxylic acids is 4. The summed E-state index contributed by atoms with van der Waals surface area (Å²) in [7, 11) is 0. The lowest BCUT2D eigenvalue weighted by molar-refractivity contribution is -0.151. The lowest BCUT2D eigenvalue weighted by Gasteiger charge is -2.46. The summed E-state index contributed by atoms with van der Waals surface area (Å²) in [5.74, 6) is -0.685. The standard InChI is InChI=1S/C26H35N3O2.C23H33N3O3.2C22H31N3O3.C21H29N3O3/c1-20(30)25(21-8-3-2-4-9-21)29-17-14-24(15-18-29)31-19-6-5-11-23-13-12-22-10-7-16-27-26(22)28-23;27-21(28)17-25-15-11-23(12-16-25)10-4-14-26(22(23)29)13-3-6-19-9-8-18-5-1-2-7-20(18)24-19;26-20(27)16-24-13-9-22(10-14-24)11-15-25(21(22)28)12-3-5-18-8-7-17-4-1-2-6-19(17)23-18;26-20(27)16-24-14-10-22(11-15-24)9-3-12-25(21(22)28)13-8-18-7-6-17-4-1-2-5-19(17)23-18;25-19(26)15-23-12-8-21(9-13-23)10-14-24(20(21)27)11-7-17-6-5-16-3-1-2-4-18(16)22-17/h2-4,8-9,12-13,24-25H,5-7,10-11,14-19H2,1H3,(H,27,28);8-9H,1-7,10-17H2,(H,27,28);7-8H,1-6,9-16H2,(H,26,27);6-7H,1-5,8-16H2,(H,26,27);5-6H,1-4,7-15H2,(H,25,26)/t25-;;;;/m0..../s1. The van der Waals surface area contributed by atoms with Gasteiger partial charge in [0.25, 0.3) is 0 Å². The zero-order valence-electron chi connectivity index (χ0n) is 85.3. The summed E-state index contributed by atoms with van der Waals surface area (Å²) in [6, 6.07) is 32.0. The van der Waals surface area contributed by atoms with Crippen LogP contribution in [0, 0.1) is 21.7 Å². The largest absolute Gasteiger partial charge is 0.480 e. The molecule has 20 rings (SSSR count). The molecule has 1 atom stereocenters. The molecule has 4 spiro atoms. The van der Waals surface area contributed by atoms with Crippen LogP contribution in [0.3, 0.4) is 0 Å². The number of rotatable bonds is 31. The predicted molar refractivity (Wildman–Crippen MR) is 549 cm³/mol. The average Bonchev–Trinajstić information content (AvgIpc) is 1.50. The van der Waals surface area contributed by atoms with Gasteiger partial charge < -0.3 is 50.1 Å². The summed E-state index contributed by atoms with van der Waals surface area (Å²) < 4.78 is 6.16. The van der Waals surface area contributed by atoms with Crippen LogP contribution in [0.1, 0.15) is 284 Å². The second-order valence-electron chi connectivity index (χ2n) is 43.7. The van der Waals surface area contributed by atoms with Gasteiger partial charge in [-0.15, -0.1) is 0 Å². The van der Waals surface area contributed by atoms with Crippen molar-refractivity contribution in [3.05, 3.63) is 176 Å². The predicted octanol–water partition coefficient (Wildman–Crippen LogP) is 13.7. The molecule has 29 heteroatoms. The van der Waals surface area contributed by atoms with Crippen LogP contribution in [-0.2, 0) is 138 Å². The van der Waals surface area contributed by atoms with E-state index in [1.54, 1.807) is 6.92 Å². The number of pyridine rings is 5. The van der Waals surface area contributed by atoms with Gasteiger partial charge in [0.15, 0.2) is 5.78 Å². The molecule has 6 aromatic rings. The molecule has 5 N–H and O–H groups in total. The van der Waals surface area contributed by atoms with E-state index in [2.05, 4.69) is 87.9 Å². The number of carbonyl (C=O) groups excluding carboxylic acids is 5. The third-order valence-corrected chi connectivity index (χ3v) is 34.0. The third-order valence-electron chi connectivity index (χ3n) is 34.0. The summed E-state index contributed by atoms with van der Waals surface area (Å²) in [6.45, 7) is 17.8. The normalized spacial score (nSPS) is 21.2. The zero-order valence-corrected chi connectivity index (χ0v) is 85.3. The molecule has 29 nitrogen and oxygen atoms in total. The smallest absolute Gasteiger partial charge is 0.317 e. The number of anilines is 1. The topological polar surface area (TPSA) is 349 Å². The maximum Gasteiger partial charge on any atom is 0.317 e. The number of hydrogen-bond donors (Lipinski definition) is 5. The number of nitrogens with one attached hydrogen (secondary N) is 1. The van der Waals surface area contributed by atoms with E-state index < -0.39 is 23.9 Å². The molecule has 9 saturated heterocycles. The first-order chi connectivity index (χ1) is 69.4. The SMILES string of the molecule is CC(=O)[C@@H](c1ccccc1)N1CCC(OCCCCc2ccc3c(n2)NCCC3)CC1.O=C(O)CN1CCC2(CC1)CCN(CCCc1ccc3c(n1)CCCC3)C2=O.O=C(O)CN1CCC2(CC1)CCN(CCc1ccc3c(n1)CCCC3)C2=O.O=C(O)CN1CCC2(CCCN(CCCc3ccc4c(n3)CCCC4)C2=O)CC1.O=C(O)CN1CCC2(CCCN(CCc3ccc4c(n3)CCCC4)C2=O)CC1. The van der Waals surface area contributed by atoms with Gasteiger partial charge in [-0.25, -0.2) is 4.98 Å². The summed E-state index contributed by atoms with van der Waals surface area (Å²) in [6.07, 6.45) is 44.4. The highest BCUT2D eigenvalue weighted by molar-refractivity contribution is 5.87. The Kier molecular flexibility index (Phi) is 37.6. The minimum atomic E-state index is -0.789. The number of Topliss-reactive ketones (excluding diaryl/α,β-unsaturated/α-hetero) is 1. The molecule has 5 aromatic heterocycles. The van der Waals surface area contributed by atoms with Gasteiger partial charge in [-0.3, -0.25) is 87.6 Å². The summed E-state index contributed by atoms with van der Waals surface area (Å²) >= 11 is 0. The molecule has 0 radical (unpaired) electrons. The molecule has 10 aliphatic heterocycles. The quantitative estimate of drug-likeness (QED) is 0.0252. The Morgan fingerprint density at radius 2 is 0.664 bits per heavy atom. The van der Waals surface area contributed by atoms with E-state index in [4.69, 9.17) is 50.1 Å². The van der Waals surface area contributed by atoms with Crippen LogP contribution < -0.4 is 5.32 Å². The number of likely N-dealkylation sites (tertiary alicyclic amines) is 9. The zero-order chi connectivity index (χ0) is 99.7. The van der Waals surface area contributed by atoms with Gasteiger partial charge in [0.05, 0.1) is 60.0 Å². The molecule has 4 aliphatic carbocycles. The van der Waals surface area contributed by atoms with E-state index >= 15 is 0 Å². The van der Waals surface area contributed by atoms with Crippen molar-refractivity contribution in [1.29, 1.82) is 0 Å². The Morgan fingerprint density at radius 3 is 1.05 bits per heavy atom. The maximum absolute atomic E-state index is 13.3. The minimum absolute atomic E-state index is 0.0813. The first-order valence-electron chi connectivity index (χ1n) is 54.9. The highest BCUT2D eigenvalue weighted by Gasteiger charge is 2.51. The molecule has 15 heterocycles. The van der Waals surface area contributed by atoms with E-state index in [1.807, 2.05) is 52.5 Å². The fourth-order valence-electron chi connectivity index (χ4n) is 25.4. The number of ether oxygens (including phenoxy) is 1. The third kappa shape index (κ3) is 28.4. The van der Waals surface area contributed by atoms with E-state index in [0.29, 0.717) is 70.3 Å². The van der Waals surface area contributed by atoms with Gasteiger partial charge in [0.1, 0.15) is 5.82 Å². The first kappa shape index (κ1) is 106. The van der Waals surface area contributed by atoms with Gasteiger partial charge in [-0.1, -0.05) is 60.7 Å². The second-order valence-corrected chi connectivity index (χ2v) is 43.7. The summed E-state index contributed by atoms with van der Waals surface area (Å²) in [5, 5.41) is 39.3. The van der Waals surface area contributed by atoms with E-state index in [1.165, 1.54) is 114 Å². The molecule has 774 valence electrons. The van der Waals surface area contributed by atoms with Crippen LogP contribution in [0.5, 0.6) is 0 Å². The van der Waals surface area contributed by atoms with E-state index in [0.717, 1.165) is 331 Å². The van der Waals surface area contributed by atoms with Crippen molar-refractivity contribution in [3.63, 3.8) is 0 Å². The maximum atomic E-state index is 13.3. The number of carbonyl (C=O) groups is 9. The second kappa shape index (κ2) is 50.9. The Balaban J connectivity index is 0.000000128. The van der Waals surface area contributed by atoms with Crippen LogP contribution in [0.25, 0.3) is 0 Å². The molecule has 1 aromatic carbocycles. The Bertz CT molecular complexity index is 5310. The monoisotopic (exact) mass is 1960 g/mol. The van der Waals surface area contributed by atoms with Crippen LogP contribution in [-0.4, -0.2) is 306 Å². The average molecular weight is 1960 g/mol. The molecule has 0 saturated carbocycles. The number of amides is 4. The fourth-order valence-corrected chi connectivity index (χ4v) is 25.4. The number of carboxylic acids is 4. The number of fused-ring (bicyclic) bond motifs is 5. The Labute approximate surface area is 846 Å². The number of carboxylic acid groups (broad SMARTS) is 4. The number of unbranched alkanes of at least 4 members (excludes halogenated alkanes) is 1. The molecular formula is C114H159N15O14. The molecule has 4 amide bonds. The van der Waals surface area contributed by atoms with E-state index in [-0.39, 0.29) is 71.5 Å². The van der Waals surface area contributed by atoms with Gasteiger partial charge in [-0.05, 0) is 386 Å². The summed E-state index contributed by atoms with van der Waals surface area (Å²) in [5.41, 5.74) is 17.9. The van der Waals surface area contributed by atoms with Gasteiger partial charge in [0.2, 0.25) is 23.6 Å². The molecular weight excluding hydrogens is 1800 g/mol. The van der Waals surface area contributed by atoms with Gasteiger partial charge in [0, 0.05) is 143 Å². The van der Waals surface area contributed by atoms with Gasteiger partial charge >= 0.3 is 23.9 Å². The molecule has 0 bridgehead atoms. The van der Waals surface area contributed by atoms with Crippen molar-refractivity contribution in [3.8, 4) is 0 Å². The first-order valence-corrected chi connectivity index (χ1v) is 54.9. The minimum Gasteiger partial charge on any atom is -0.480 e. The van der Waals surface area contributed by atoms with Crippen LogP contribution in [0.4, 0.5) is 5.82 Å². The number of benzene rings is 1. The number of aryl methyl sites for hydroxylation is 12. The van der Waals surface area contributed by atoms with Crippen LogP contribution in [0.2, 0.25) is 0 Å². The molecule has 14 aliphatic rings. The van der Waals surface area contributed by atoms with E-state index in [9.17, 15) is 43.2 Å². The van der Waals surface area contributed by atoms with Crippen molar-refractivity contribution in [2.45, 2.75) is 295 Å². The van der Waals surface area contributed by atoms with Gasteiger partial charge in [-0.2, -0.15) is 0 Å². The van der Waals surface area contributed by atoms with Crippen LogP contribution in [0.15, 0.2) is 91.0 Å².